The normalized spacial score (nSPS) is 24.7. The number of nitrogens with zero attached hydrogens (tertiary/aromatic N) is 4. The zero-order valence-electron chi connectivity index (χ0n) is 18.6. The molecule has 6 nitrogen and oxygen atoms in total. The molecule has 0 spiro atoms. The van der Waals surface area contributed by atoms with Crippen molar-refractivity contribution in [2.24, 2.45) is 4.99 Å². The fourth-order valence-electron chi connectivity index (χ4n) is 4.39. The summed E-state index contributed by atoms with van der Waals surface area (Å²) in [6.45, 7) is 17.5. The molecule has 0 bridgehead atoms. The fourth-order valence-corrected chi connectivity index (χ4v) is 4.39. The number of aliphatic imine (C=N–C) groups is 1. The van der Waals surface area contributed by atoms with Gasteiger partial charge in [0.2, 0.25) is 0 Å². The summed E-state index contributed by atoms with van der Waals surface area (Å²) in [5, 5.41) is 7.12. The van der Waals surface area contributed by atoms with Crippen LogP contribution in [0.15, 0.2) is 35.3 Å². The van der Waals surface area contributed by atoms with E-state index in [1.54, 1.807) is 0 Å². The molecule has 0 aliphatic carbocycles. The van der Waals surface area contributed by atoms with Gasteiger partial charge in [-0.1, -0.05) is 37.3 Å². The number of rotatable bonds is 8. The highest BCUT2D eigenvalue weighted by atomic mass is 15.3. The predicted molar refractivity (Wildman–Crippen MR) is 122 cm³/mol. The lowest BCUT2D eigenvalue weighted by atomic mass is 10.2. The second-order valence-corrected chi connectivity index (χ2v) is 8.38. The number of benzene rings is 1. The van der Waals surface area contributed by atoms with Crippen LogP contribution in [0.25, 0.3) is 0 Å². The zero-order chi connectivity index (χ0) is 20.5. The lowest BCUT2D eigenvalue weighted by molar-refractivity contribution is 0.140. The third kappa shape index (κ3) is 6.98. The molecule has 0 saturated carbocycles. The van der Waals surface area contributed by atoms with Gasteiger partial charge < -0.3 is 15.5 Å². The van der Waals surface area contributed by atoms with E-state index in [1.165, 1.54) is 38.3 Å². The SMILES string of the molecule is CCNC(=NCCN1CCN(CC)CC1)NC1CC(C)N(Cc2ccccc2)C1. The van der Waals surface area contributed by atoms with Crippen molar-refractivity contribution in [2.45, 2.75) is 45.8 Å². The summed E-state index contributed by atoms with van der Waals surface area (Å²) < 4.78 is 0. The molecule has 6 heteroatoms. The predicted octanol–water partition coefficient (Wildman–Crippen LogP) is 1.84. The van der Waals surface area contributed by atoms with Gasteiger partial charge >= 0.3 is 0 Å². The number of hydrogen-bond acceptors (Lipinski definition) is 4. The van der Waals surface area contributed by atoms with Crippen molar-refractivity contribution in [3.8, 4) is 0 Å². The molecule has 0 amide bonds. The lowest BCUT2D eigenvalue weighted by Crippen LogP contribution is -2.47. The fraction of sp³-hybridized carbons (Fsp3) is 0.696. The quantitative estimate of drug-likeness (QED) is 0.515. The first kappa shape index (κ1) is 22.1. The number of likely N-dealkylation sites (N-methyl/N-ethyl adjacent to an activating group) is 1. The molecule has 0 radical (unpaired) electrons. The van der Waals surface area contributed by atoms with Gasteiger partial charge in [-0.25, -0.2) is 0 Å². The molecule has 1 aromatic rings. The Bertz CT molecular complexity index is 611. The Hall–Kier alpha value is -1.63. The Balaban J connectivity index is 1.45. The van der Waals surface area contributed by atoms with Gasteiger partial charge in [0, 0.05) is 64.4 Å². The first-order chi connectivity index (χ1) is 14.2. The molecule has 2 fully saturated rings. The van der Waals surface area contributed by atoms with Gasteiger partial charge in [0.1, 0.15) is 0 Å². The first-order valence-electron chi connectivity index (χ1n) is 11.5. The highest BCUT2D eigenvalue weighted by molar-refractivity contribution is 5.80. The van der Waals surface area contributed by atoms with Crippen molar-refractivity contribution >= 4 is 5.96 Å². The van der Waals surface area contributed by atoms with Crippen molar-refractivity contribution in [3.05, 3.63) is 35.9 Å². The van der Waals surface area contributed by atoms with Crippen LogP contribution < -0.4 is 10.6 Å². The van der Waals surface area contributed by atoms with Crippen molar-refractivity contribution in [2.75, 3.05) is 58.9 Å². The van der Waals surface area contributed by atoms with Gasteiger partial charge in [0.15, 0.2) is 5.96 Å². The van der Waals surface area contributed by atoms with Gasteiger partial charge in [0.25, 0.3) is 0 Å². The van der Waals surface area contributed by atoms with E-state index < -0.39 is 0 Å². The molecule has 2 saturated heterocycles. The Kier molecular flexibility index (Phi) is 8.77. The van der Waals surface area contributed by atoms with Crippen LogP contribution in [0.1, 0.15) is 32.8 Å². The minimum absolute atomic E-state index is 0.458. The highest BCUT2D eigenvalue weighted by Crippen LogP contribution is 2.20. The van der Waals surface area contributed by atoms with Gasteiger partial charge in [-0.2, -0.15) is 0 Å². The standard InChI is InChI=1S/C23H40N6/c1-4-24-23(25-11-12-28-15-13-27(5-2)14-16-28)26-22-17-20(3)29(19-22)18-21-9-7-6-8-10-21/h6-10,20,22H,4-5,11-19H2,1-3H3,(H2,24,25,26). The van der Waals surface area contributed by atoms with E-state index in [0.29, 0.717) is 12.1 Å². The molecule has 2 unspecified atom stereocenters. The summed E-state index contributed by atoms with van der Waals surface area (Å²) in [6, 6.07) is 11.8. The van der Waals surface area contributed by atoms with Crippen LogP contribution in [0.3, 0.4) is 0 Å². The van der Waals surface area contributed by atoms with Crippen molar-refractivity contribution < 1.29 is 0 Å². The van der Waals surface area contributed by atoms with E-state index in [0.717, 1.165) is 45.1 Å². The van der Waals surface area contributed by atoms with Crippen LogP contribution in [0.2, 0.25) is 0 Å². The second-order valence-electron chi connectivity index (χ2n) is 8.38. The average molecular weight is 401 g/mol. The van der Waals surface area contributed by atoms with Gasteiger partial charge in [-0.05, 0) is 32.4 Å². The van der Waals surface area contributed by atoms with Crippen molar-refractivity contribution in [1.29, 1.82) is 0 Å². The molecular weight excluding hydrogens is 360 g/mol. The molecule has 162 valence electrons. The van der Waals surface area contributed by atoms with E-state index in [9.17, 15) is 0 Å². The first-order valence-corrected chi connectivity index (χ1v) is 11.5. The molecule has 2 aliphatic heterocycles. The van der Waals surface area contributed by atoms with Gasteiger partial charge in [0.05, 0.1) is 6.54 Å². The highest BCUT2D eigenvalue weighted by Gasteiger charge is 2.29. The van der Waals surface area contributed by atoms with E-state index in [4.69, 9.17) is 4.99 Å². The average Bonchev–Trinajstić information content (AvgIpc) is 3.08. The monoisotopic (exact) mass is 400 g/mol. The second kappa shape index (κ2) is 11.5. The van der Waals surface area contributed by atoms with E-state index in [2.05, 4.69) is 76.4 Å². The smallest absolute Gasteiger partial charge is 0.191 e. The Morgan fingerprint density at radius 3 is 2.48 bits per heavy atom. The number of guanidine groups is 1. The van der Waals surface area contributed by atoms with Crippen LogP contribution in [0.5, 0.6) is 0 Å². The molecule has 3 rings (SSSR count). The molecular formula is C23H40N6. The number of hydrogen-bond donors (Lipinski definition) is 2. The summed E-state index contributed by atoms with van der Waals surface area (Å²) in [4.78, 5) is 12.5. The minimum Gasteiger partial charge on any atom is -0.357 e. The maximum absolute atomic E-state index is 4.86. The van der Waals surface area contributed by atoms with E-state index >= 15 is 0 Å². The molecule has 2 N–H and O–H groups in total. The molecule has 2 aliphatic rings. The topological polar surface area (TPSA) is 46.1 Å². The molecule has 2 atom stereocenters. The molecule has 29 heavy (non-hydrogen) atoms. The molecule has 0 aromatic heterocycles. The third-order valence-corrected chi connectivity index (χ3v) is 6.22. The van der Waals surface area contributed by atoms with Crippen LogP contribution in [-0.4, -0.2) is 91.6 Å². The summed E-state index contributed by atoms with van der Waals surface area (Å²) in [7, 11) is 0. The van der Waals surface area contributed by atoms with Crippen LogP contribution in [0, 0.1) is 0 Å². The van der Waals surface area contributed by atoms with Gasteiger partial charge in [-0.3, -0.25) is 14.8 Å². The molecule has 1 aromatic carbocycles. The summed E-state index contributed by atoms with van der Waals surface area (Å²) in [6.07, 6.45) is 1.16. The number of nitrogens with one attached hydrogen (secondary N) is 2. The van der Waals surface area contributed by atoms with Crippen LogP contribution in [0.4, 0.5) is 0 Å². The Labute approximate surface area is 177 Å². The van der Waals surface area contributed by atoms with E-state index in [1.807, 2.05) is 0 Å². The Morgan fingerprint density at radius 1 is 1.07 bits per heavy atom. The maximum Gasteiger partial charge on any atom is 0.191 e. The lowest BCUT2D eigenvalue weighted by Gasteiger charge is -2.33. The third-order valence-electron chi connectivity index (χ3n) is 6.22. The van der Waals surface area contributed by atoms with Gasteiger partial charge in [-0.15, -0.1) is 0 Å². The van der Waals surface area contributed by atoms with Crippen LogP contribution >= 0.6 is 0 Å². The Morgan fingerprint density at radius 2 is 1.79 bits per heavy atom. The van der Waals surface area contributed by atoms with Crippen LogP contribution in [-0.2, 0) is 6.54 Å². The molecule has 2 heterocycles. The maximum atomic E-state index is 4.86. The summed E-state index contributed by atoms with van der Waals surface area (Å²) in [5.41, 5.74) is 1.39. The van der Waals surface area contributed by atoms with Crippen molar-refractivity contribution in [1.82, 2.24) is 25.3 Å². The minimum atomic E-state index is 0.458. The van der Waals surface area contributed by atoms with E-state index in [-0.39, 0.29) is 0 Å². The summed E-state index contributed by atoms with van der Waals surface area (Å²) >= 11 is 0. The largest absolute Gasteiger partial charge is 0.357 e. The van der Waals surface area contributed by atoms with Crippen molar-refractivity contribution in [3.63, 3.8) is 0 Å². The number of piperazine rings is 1. The zero-order valence-corrected chi connectivity index (χ0v) is 18.6. The summed E-state index contributed by atoms with van der Waals surface area (Å²) in [5.74, 6) is 0.971. The number of likely N-dealkylation sites (tertiary alicyclic amines) is 1.